The molecule has 1 aliphatic carbocycles. The van der Waals surface area contributed by atoms with Gasteiger partial charge in [-0.25, -0.2) is 0 Å². The van der Waals surface area contributed by atoms with E-state index in [-0.39, 0.29) is 23.8 Å². The molecule has 0 atom stereocenters. The van der Waals surface area contributed by atoms with Crippen molar-refractivity contribution in [2.45, 2.75) is 51.0 Å². The molecule has 0 aliphatic heterocycles. The van der Waals surface area contributed by atoms with E-state index >= 15 is 0 Å². The van der Waals surface area contributed by atoms with E-state index in [1.54, 1.807) is 12.1 Å². The van der Waals surface area contributed by atoms with Crippen molar-refractivity contribution in [2.24, 2.45) is 0 Å². The summed E-state index contributed by atoms with van der Waals surface area (Å²) in [7, 11) is 0. The molecule has 0 bridgehead atoms. The van der Waals surface area contributed by atoms with Crippen molar-refractivity contribution in [3.8, 4) is 22.9 Å². The van der Waals surface area contributed by atoms with E-state index in [4.69, 9.17) is 4.74 Å². The first kappa shape index (κ1) is 20.3. The molecule has 0 amide bonds. The Morgan fingerprint density at radius 2 is 1.83 bits per heavy atom. The third-order valence-electron chi connectivity index (χ3n) is 5.25. The molecule has 0 spiro atoms. The zero-order valence-corrected chi connectivity index (χ0v) is 16.3. The smallest absolute Gasteiger partial charge is 0.472 e. The van der Waals surface area contributed by atoms with Crippen molar-refractivity contribution in [2.75, 3.05) is 0 Å². The third kappa shape index (κ3) is 5.11. The van der Waals surface area contributed by atoms with Gasteiger partial charge in [0.25, 0.3) is 0 Å². The molecule has 4 rings (SSSR count). The maximum absolute atomic E-state index is 12.5. The van der Waals surface area contributed by atoms with Crippen LogP contribution in [0.5, 0.6) is 11.6 Å². The molecule has 1 aromatic carbocycles. The van der Waals surface area contributed by atoms with Gasteiger partial charge in [0.2, 0.25) is 5.88 Å². The standard InChI is InChI=1S/C22H22F3N3O2/c23-22(24,25)30-20-9-5-4-8-17(20)14-29-21-12-19(27-28-21)16-10-11-18(26-13-16)15-6-2-1-3-7-15/h4-5,8-13,15H,1-3,6-7,14H2,(H,27,28). The number of rotatable bonds is 6. The number of ether oxygens (including phenoxy) is 2. The lowest BCUT2D eigenvalue weighted by Crippen LogP contribution is -2.18. The number of benzene rings is 1. The predicted octanol–water partition coefficient (Wildman–Crippen LogP) is 6.00. The number of alkyl halides is 3. The number of H-pyrrole nitrogens is 1. The maximum Gasteiger partial charge on any atom is 0.573 e. The van der Waals surface area contributed by atoms with Crippen LogP contribution in [0.15, 0.2) is 48.7 Å². The lowest BCUT2D eigenvalue weighted by atomic mass is 9.86. The fourth-order valence-corrected chi connectivity index (χ4v) is 3.73. The molecule has 0 unspecified atom stereocenters. The van der Waals surface area contributed by atoms with E-state index in [1.807, 2.05) is 12.3 Å². The summed E-state index contributed by atoms with van der Waals surface area (Å²) in [5, 5.41) is 6.97. The minimum atomic E-state index is -4.76. The summed E-state index contributed by atoms with van der Waals surface area (Å²) in [6.07, 6.45) is 3.25. The molecular weight excluding hydrogens is 395 g/mol. The van der Waals surface area contributed by atoms with E-state index in [0.29, 0.717) is 5.92 Å². The van der Waals surface area contributed by atoms with Gasteiger partial charge in [0, 0.05) is 35.0 Å². The van der Waals surface area contributed by atoms with Crippen molar-refractivity contribution < 1.29 is 22.6 Å². The zero-order chi connectivity index (χ0) is 21.0. The Morgan fingerprint density at radius 3 is 2.57 bits per heavy atom. The molecule has 0 saturated heterocycles. The number of nitrogens with one attached hydrogen (secondary N) is 1. The number of hydrogen-bond acceptors (Lipinski definition) is 4. The van der Waals surface area contributed by atoms with E-state index in [1.165, 1.54) is 50.3 Å². The first-order valence-corrected chi connectivity index (χ1v) is 9.96. The molecule has 0 radical (unpaired) electrons. The molecule has 2 heterocycles. The second-order valence-electron chi connectivity index (χ2n) is 7.37. The number of aromatic amines is 1. The zero-order valence-electron chi connectivity index (χ0n) is 16.3. The van der Waals surface area contributed by atoms with Gasteiger partial charge in [-0.3, -0.25) is 10.1 Å². The molecule has 5 nitrogen and oxygen atoms in total. The predicted molar refractivity (Wildman–Crippen MR) is 105 cm³/mol. The third-order valence-corrected chi connectivity index (χ3v) is 5.25. The summed E-state index contributed by atoms with van der Waals surface area (Å²) in [5.74, 6) is 0.527. The van der Waals surface area contributed by atoms with Gasteiger partial charge in [-0.2, -0.15) is 0 Å². The number of nitrogens with zero attached hydrogens (tertiary/aromatic N) is 2. The number of halogens is 3. The Balaban J connectivity index is 1.40. The normalized spacial score (nSPS) is 15.2. The maximum atomic E-state index is 12.5. The second kappa shape index (κ2) is 8.77. The van der Waals surface area contributed by atoms with E-state index in [9.17, 15) is 13.2 Å². The number of aromatic nitrogens is 3. The molecular formula is C22H22F3N3O2. The van der Waals surface area contributed by atoms with E-state index in [0.717, 1.165) is 17.0 Å². The van der Waals surface area contributed by atoms with Gasteiger partial charge in [-0.1, -0.05) is 37.5 Å². The van der Waals surface area contributed by atoms with Gasteiger partial charge in [0.15, 0.2) is 0 Å². The van der Waals surface area contributed by atoms with Crippen LogP contribution >= 0.6 is 0 Å². The Bertz CT molecular complexity index is 964. The number of para-hydroxylation sites is 1. The molecule has 30 heavy (non-hydrogen) atoms. The first-order valence-electron chi connectivity index (χ1n) is 9.96. The Morgan fingerprint density at radius 1 is 1.03 bits per heavy atom. The quantitative estimate of drug-likeness (QED) is 0.535. The van der Waals surface area contributed by atoms with E-state index < -0.39 is 6.36 Å². The highest BCUT2D eigenvalue weighted by Crippen LogP contribution is 2.32. The molecule has 1 aliphatic rings. The second-order valence-corrected chi connectivity index (χ2v) is 7.37. The summed E-state index contributed by atoms with van der Waals surface area (Å²) >= 11 is 0. The molecule has 1 saturated carbocycles. The van der Waals surface area contributed by atoms with Crippen LogP contribution in [0, 0.1) is 0 Å². The van der Waals surface area contributed by atoms with E-state index in [2.05, 4.69) is 26.0 Å². The highest BCUT2D eigenvalue weighted by Gasteiger charge is 2.32. The summed E-state index contributed by atoms with van der Waals surface area (Å²) in [5.41, 5.74) is 3.00. The summed E-state index contributed by atoms with van der Waals surface area (Å²) in [6, 6.07) is 11.6. The average molecular weight is 417 g/mol. The van der Waals surface area contributed by atoms with Gasteiger partial charge in [-0.05, 0) is 31.0 Å². The molecule has 1 N–H and O–H groups in total. The topological polar surface area (TPSA) is 60.0 Å². The largest absolute Gasteiger partial charge is 0.573 e. The van der Waals surface area contributed by atoms with Crippen LogP contribution in [-0.4, -0.2) is 21.5 Å². The fourth-order valence-electron chi connectivity index (χ4n) is 3.73. The molecule has 2 aromatic heterocycles. The number of pyridine rings is 1. The SMILES string of the molecule is FC(F)(F)Oc1ccccc1COc1cc(-c2ccc(C3CCCCC3)nc2)[nH]n1. The fraction of sp³-hybridized carbons (Fsp3) is 0.364. The van der Waals surface area contributed by atoms with Crippen LogP contribution < -0.4 is 9.47 Å². The van der Waals surface area contributed by atoms with Crippen molar-refractivity contribution in [3.05, 3.63) is 59.9 Å². The van der Waals surface area contributed by atoms with Crippen molar-refractivity contribution in [1.29, 1.82) is 0 Å². The number of hydrogen-bond donors (Lipinski definition) is 1. The van der Waals surface area contributed by atoms with Crippen LogP contribution in [0.1, 0.15) is 49.3 Å². The highest BCUT2D eigenvalue weighted by atomic mass is 19.4. The van der Waals surface area contributed by atoms with Crippen LogP contribution in [-0.2, 0) is 6.61 Å². The van der Waals surface area contributed by atoms with Crippen LogP contribution in [0.3, 0.4) is 0 Å². The molecule has 3 aromatic rings. The first-order chi connectivity index (χ1) is 14.5. The Kier molecular flexibility index (Phi) is 5.92. The van der Waals surface area contributed by atoms with Crippen molar-refractivity contribution in [1.82, 2.24) is 15.2 Å². The molecule has 8 heteroatoms. The molecule has 158 valence electrons. The van der Waals surface area contributed by atoms with Crippen LogP contribution in [0.4, 0.5) is 13.2 Å². The van der Waals surface area contributed by atoms with Crippen LogP contribution in [0.2, 0.25) is 0 Å². The van der Waals surface area contributed by atoms with Gasteiger partial charge in [-0.15, -0.1) is 18.3 Å². The summed E-state index contributed by atoms with van der Waals surface area (Å²) in [6.45, 7) is -0.102. The van der Waals surface area contributed by atoms with Gasteiger partial charge in [0.05, 0.1) is 5.69 Å². The lowest BCUT2D eigenvalue weighted by Gasteiger charge is -2.20. The molecule has 1 fully saturated rings. The summed E-state index contributed by atoms with van der Waals surface area (Å²) in [4.78, 5) is 4.62. The van der Waals surface area contributed by atoms with Gasteiger partial charge >= 0.3 is 6.36 Å². The summed E-state index contributed by atoms with van der Waals surface area (Å²) < 4.78 is 47.2. The lowest BCUT2D eigenvalue weighted by molar-refractivity contribution is -0.275. The minimum Gasteiger partial charge on any atom is -0.472 e. The van der Waals surface area contributed by atoms with Crippen molar-refractivity contribution in [3.63, 3.8) is 0 Å². The Labute approximate surface area is 172 Å². The average Bonchev–Trinajstić information content (AvgIpc) is 3.22. The van der Waals surface area contributed by atoms with Crippen LogP contribution in [0.25, 0.3) is 11.3 Å². The Hall–Kier alpha value is -3.03. The minimum absolute atomic E-state index is 0.102. The highest BCUT2D eigenvalue weighted by molar-refractivity contribution is 5.59. The van der Waals surface area contributed by atoms with Gasteiger partial charge < -0.3 is 9.47 Å². The van der Waals surface area contributed by atoms with Crippen molar-refractivity contribution >= 4 is 0 Å². The monoisotopic (exact) mass is 417 g/mol. The van der Waals surface area contributed by atoms with Gasteiger partial charge in [0.1, 0.15) is 12.4 Å².